The van der Waals surface area contributed by atoms with Gasteiger partial charge in [0.15, 0.2) is 5.13 Å². The van der Waals surface area contributed by atoms with Crippen molar-refractivity contribution in [1.29, 1.82) is 0 Å². The molecule has 3 aromatic carbocycles. The van der Waals surface area contributed by atoms with Gasteiger partial charge in [0, 0.05) is 23.7 Å². The lowest BCUT2D eigenvalue weighted by molar-refractivity contribution is 0.0983. The van der Waals surface area contributed by atoms with E-state index in [0.717, 1.165) is 21.3 Å². The van der Waals surface area contributed by atoms with Crippen molar-refractivity contribution < 1.29 is 17.6 Å². The van der Waals surface area contributed by atoms with Gasteiger partial charge in [-0.25, -0.2) is 13.4 Å². The average molecular weight is 580 g/mol. The smallest absolute Gasteiger partial charge is 0.260 e. The molecule has 1 amide bonds. The molecule has 0 atom stereocenters. The van der Waals surface area contributed by atoms with Crippen molar-refractivity contribution in [3.8, 4) is 0 Å². The summed E-state index contributed by atoms with van der Waals surface area (Å²) in [6.07, 6.45) is 1.55. The minimum absolute atomic E-state index is 0.125. The Hall–Kier alpha value is -3.50. The third kappa shape index (κ3) is 5.77. The van der Waals surface area contributed by atoms with E-state index >= 15 is 0 Å². The molecule has 0 N–H and O–H groups in total. The zero-order valence-corrected chi connectivity index (χ0v) is 23.8. The maximum atomic E-state index is 13.8. The lowest BCUT2D eigenvalue weighted by Gasteiger charge is -2.21. The van der Waals surface area contributed by atoms with Crippen LogP contribution < -0.4 is 4.90 Å². The molecule has 2 heterocycles. The summed E-state index contributed by atoms with van der Waals surface area (Å²) >= 11 is 7.61. The fraction of sp³-hybridized carbons (Fsp3) is 0.172. The molecule has 0 unspecified atom stereocenters. The van der Waals surface area contributed by atoms with Crippen molar-refractivity contribution in [2.24, 2.45) is 0 Å². The highest BCUT2D eigenvalue weighted by Gasteiger charge is 2.26. The first-order chi connectivity index (χ1) is 18.8. The number of halogens is 1. The number of aromatic nitrogens is 1. The summed E-state index contributed by atoms with van der Waals surface area (Å²) in [7, 11) is -3.76. The Morgan fingerprint density at radius 3 is 2.41 bits per heavy atom. The second-order valence-electron chi connectivity index (χ2n) is 8.98. The molecule has 200 valence electrons. The van der Waals surface area contributed by atoms with Gasteiger partial charge in [-0.1, -0.05) is 60.2 Å². The van der Waals surface area contributed by atoms with Crippen molar-refractivity contribution in [3.63, 3.8) is 0 Å². The van der Waals surface area contributed by atoms with Gasteiger partial charge < -0.3 is 4.42 Å². The predicted octanol–water partition coefficient (Wildman–Crippen LogP) is 6.91. The van der Waals surface area contributed by atoms with Crippen LogP contribution in [0.2, 0.25) is 5.02 Å². The average Bonchev–Trinajstić information content (AvgIpc) is 3.60. The normalized spacial score (nSPS) is 11.8. The van der Waals surface area contributed by atoms with Gasteiger partial charge in [0.05, 0.1) is 27.9 Å². The Morgan fingerprint density at radius 1 is 1.00 bits per heavy atom. The van der Waals surface area contributed by atoms with E-state index in [2.05, 4.69) is 0 Å². The van der Waals surface area contributed by atoms with E-state index in [4.69, 9.17) is 21.0 Å². The van der Waals surface area contributed by atoms with E-state index in [-0.39, 0.29) is 23.9 Å². The summed E-state index contributed by atoms with van der Waals surface area (Å²) in [5.74, 6) is 0.269. The fourth-order valence-electron chi connectivity index (χ4n) is 4.27. The molecular formula is C29H26ClN3O4S2. The molecule has 39 heavy (non-hydrogen) atoms. The number of rotatable bonds is 9. The van der Waals surface area contributed by atoms with Crippen LogP contribution in [0.25, 0.3) is 10.2 Å². The second-order valence-corrected chi connectivity index (χ2v) is 12.4. The van der Waals surface area contributed by atoms with E-state index in [1.165, 1.54) is 44.8 Å². The van der Waals surface area contributed by atoms with Gasteiger partial charge in [-0.15, -0.1) is 0 Å². The molecule has 5 rings (SSSR count). The van der Waals surface area contributed by atoms with Crippen molar-refractivity contribution in [1.82, 2.24) is 9.29 Å². The minimum Gasteiger partial charge on any atom is -0.467 e. The van der Waals surface area contributed by atoms with E-state index in [9.17, 15) is 13.2 Å². The number of nitrogens with zero attached hydrogens (tertiary/aromatic N) is 3. The van der Waals surface area contributed by atoms with Crippen molar-refractivity contribution in [2.45, 2.75) is 31.8 Å². The highest BCUT2D eigenvalue weighted by Crippen LogP contribution is 2.34. The number of hydrogen-bond donors (Lipinski definition) is 0. The van der Waals surface area contributed by atoms with Crippen LogP contribution in [0.1, 0.15) is 34.2 Å². The van der Waals surface area contributed by atoms with Crippen molar-refractivity contribution in [2.75, 3.05) is 11.4 Å². The summed E-state index contributed by atoms with van der Waals surface area (Å²) in [5, 5.41) is 1.10. The molecule has 0 aliphatic heterocycles. The number of fused-ring (bicyclic) bond motifs is 1. The van der Waals surface area contributed by atoms with Gasteiger partial charge in [0.1, 0.15) is 5.76 Å². The Bertz CT molecular complexity index is 1700. The monoisotopic (exact) mass is 579 g/mol. The van der Waals surface area contributed by atoms with E-state index in [1.54, 1.807) is 25.3 Å². The number of carbonyl (C=O) groups is 1. The van der Waals surface area contributed by atoms with Crippen LogP contribution >= 0.6 is 22.9 Å². The van der Waals surface area contributed by atoms with Gasteiger partial charge in [-0.05, 0) is 66.6 Å². The van der Waals surface area contributed by atoms with Gasteiger partial charge in [0.2, 0.25) is 10.0 Å². The number of sulfonamides is 1. The largest absolute Gasteiger partial charge is 0.467 e. The molecule has 0 aliphatic carbocycles. The number of aryl methyl sites for hydroxylation is 1. The van der Waals surface area contributed by atoms with Gasteiger partial charge in [-0.3, -0.25) is 9.69 Å². The van der Waals surface area contributed by atoms with E-state index < -0.39 is 10.0 Å². The zero-order chi connectivity index (χ0) is 27.6. The quantitative estimate of drug-likeness (QED) is 0.189. The number of benzene rings is 3. The molecule has 7 nitrogen and oxygen atoms in total. The molecule has 2 aromatic heterocycles. The number of amides is 1. The van der Waals surface area contributed by atoms with Crippen molar-refractivity contribution >= 4 is 54.2 Å². The maximum absolute atomic E-state index is 13.8. The van der Waals surface area contributed by atoms with Gasteiger partial charge in [0.25, 0.3) is 5.91 Å². The summed E-state index contributed by atoms with van der Waals surface area (Å²) in [4.78, 5) is 20.2. The molecule has 0 saturated carbocycles. The summed E-state index contributed by atoms with van der Waals surface area (Å²) in [6, 6.07) is 22.7. The molecule has 5 aromatic rings. The lowest BCUT2D eigenvalue weighted by atomic mass is 10.2. The molecule has 0 aliphatic rings. The number of anilines is 1. The molecule has 10 heteroatoms. The van der Waals surface area contributed by atoms with E-state index in [0.29, 0.717) is 28.0 Å². The zero-order valence-electron chi connectivity index (χ0n) is 21.4. The maximum Gasteiger partial charge on any atom is 0.260 e. The number of hydrogen-bond acceptors (Lipinski definition) is 6. The standard InChI is InChI=1S/C29H26ClN3O4S2/c1-3-32(18-21-8-5-4-6-9-21)39(35,36)25-13-11-22(12-14-25)28(34)33(19-24-10-7-15-37-24)29-31-27-20(2)16-23(30)17-26(27)38-29/h4-17H,3,18-19H2,1-2H3. The van der Waals surface area contributed by atoms with Crippen LogP contribution in [0.15, 0.2) is 94.4 Å². The predicted molar refractivity (Wildman–Crippen MR) is 155 cm³/mol. The number of carbonyl (C=O) groups excluding carboxylic acids is 1. The highest BCUT2D eigenvalue weighted by atomic mass is 35.5. The summed E-state index contributed by atoms with van der Waals surface area (Å²) < 4.78 is 34.5. The summed E-state index contributed by atoms with van der Waals surface area (Å²) in [5.41, 5.74) is 2.92. The fourth-order valence-corrected chi connectivity index (χ4v) is 7.13. The SMILES string of the molecule is CCN(Cc1ccccc1)S(=O)(=O)c1ccc(C(=O)N(Cc2ccco2)c2nc3c(C)cc(Cl)cc3s2)cc1. The third-order valence-electron chi connectivity index (χ3n) is 6.30. The van der Waals surface area contributed by atoms with Crippen LogP contribution in [0.4, 0.5) is 5.13 Å². The van der Waals surface area contributed by atoms with Crippen LogP contribution in [0, 0.1) is 6.92 Å². The number of furan rings is 1. The van der Waals surface area contributed by atoms with Crippen LogP contribution in [-0.2, 0) is 23.1 Å². The van der Waals surface area contributed by atoms with Crippen molar-refractivity contribution in [3.05, 3.63) is 113 Å². The Kier molecular flexibility index (Phi) is 7.86. The molecule has 0 spiro atoms. The topological polar surface area (TPSA) is 83.7 Å². The van der Waals surface area contributed by atoms with E-state index in [1.807, 2.05) is 49.4 Å². The number of thiazole rings is 1. The lowest BCUT2D eigenvalue weighted by Crippen LogP contribution is -2.31. The van der Waals surface area contributed by atoms with Crippen LogP contribution in [0.5, 0.6) is 0 Å². The third-order valence-corrected chi connectivity index (χ3v) is 9.48. The first-order valence-electron chi connectivity index (χ1n) is 12.3. The minimum atomic E-state index is -3.76. The highest BCUT2D eigenvalue weighted by molar-refractivity contribution is 7.89. The molecular weight excluding hydrogens is 554 g/mol. The Morgan fingerprint density at radius 2 is 1.74 bits per heavy atom. The van der Waals surface area contributed by atoms with Crippen LogP contribution in [-0.4, -0.2) is 30.2 Å². The first-order valence-corrected chi connectivity index (χ1v) is 14.9. The first kappa shape index (κ1) is 27.1. The Balaban J connectivity index is 1.45. The van der Waals surface area contributed by atoms with Gasteiger partial charge >= 0.3 is 0 Å². The molecule has 0 fully saturated rings. The van der Waals surface area contributed by atoms with Gasteiger partial charge in [-0.2, -0.15) is 4.31 Å². The van der Waals surface area contributed by atoms with Crippen LogP contribution in [0.3, 0.4) is 0 Å². The molecule has 0 radical (unpaired) electrons. The summed E-state index contributed by atoms with van der Waals surface area (Å²) in [6.45, 7) is 4.47. The molecule has 0 saturated heterocycles. The molecule has 0 bridgehead atoms. The second kappa shape index (κ2) is 11.3. The Labute approximate surface area is 236 Å².